The maximum atomic E-state index is 12.9. The molecular formula is C23H31N7O5. The van der Waals surface area contributed by atoms with E-state index in [-0.39, 0.29) is 31.8 Å². The van der Waals surface area contributed by atoms with Gasteiger partial charge in [0.2, 0.25) is 17.7 Å². The molecule has 0 aliphatic carbocycles. The van der Waals surface area contributed by atoms with Crippen LogP contribution in [0.5, 0.6) is 0 Å². The third kappa shape index (κ3) is 9.68. The molecule has 12 nitrogen and oxygen atoms in total. The third-order valence-corrected chi connectivity index (χ3v) is 5.04. The van der Waals surface area contributed by atoms with Crippen LogP contribution in [0.25, 0.3) is 10.8 Å². The number of carboxylic acid groups (broad SMARTS) is 1. The molecule has 12 heteroatoms. The summed E-state index contributed by atoms with van der Waals surface area (Å²) < 4.78 is 0. The first-order chi connectivity index (χ1) is 16.7. The van der Waals surface area contributed by atoms with E-state index in [1.165, 1.54) is 0 Å². The SMILES string of the molecule is NC(N)=NCCC[C@H](NC(=O)CNC(=O)[C@@H](N)CCC(=O)O)C(=O)Nc1ccc2ccccc2c1. The van der Waals surface area contributed by atoms with Crippen molar-refractivity contribution < 1.29 is 24.3 Å². The molecule has 0 aromatic heterocycles. The van der Waals surface area contributed by atoms with Crippen molar-refractivity contribution in [2.45, 2.75) is 37.8 Å². The van der Waals surface area contributed by atoms with Gasteiger partial charge in [-0.15, -0.1) is 0 Å². The highest BCUT2D eigenvalue weighted by atomic mass is 16.4. The molecule has 2 aromatic rings. The van der Waals surface area contributed by atoms with E-state index in [1.807, 2.05) is 36.4 Å². The summed E-state index contributed by atoms with van der Waals surface area (Å²) in [6.45, 7) is -0.152. The lowest BCUT2D eigenvalue weighted by atomic mass is 10.1. The minimum Gasteiger partial charge on any atom is -0.481 e. The van der Waals surface area contributed by atoms with Crippen molar-refractivity contribution in [3.8, 4) is 0 Å². The molecule has 0 unspecified atom stereocenters. The minimum atomic E-state index is -1.08. The molecule has 0 aliphatic rings. The topological polar surface area (TPSA) is 215 Å². The van der Waals surface area contributed by atoms with Crippen LogP contribution < -0.4 is 33.2 Å². The maximum absolute atomic E-state index is 12.9. The number of amides is 3. The molecule has 188 valence electrons. The minimum absolute atomic E-state index is 0.0651. The molecule has 0 bridgehead atoms. The molecule has 0 aliphatic heterocycles. The van der Waals surface area contributed by atoms with Crippen molar-refractivity contribution in [3.63, 3.8) is 0 Å². The number of hydrogen-bond donors (Lipinski definition) is 7. The summed E-state index contributed by atoms with van der Waals surface area (Å²) in [6, 6.07) is 11.2. The monoisotopic (exact) mass is 485 g/mol. The van der Waals surface area contributed by atoms with E-state index in [2.05, 4.69) is 20.9 Å². The van der Waals surface area contributed by atoms with Crippen LogP contribution in [0.1, 0.15) is 25.7 Å². The quantitative estimate of drug-likeness (QED) is 0.112. The lowest BCUT2D eigenvalue weighted by Crippen LogP contribution is -2.49. The van der Waals surface area contributed by atoms with Gasteiger partial charge in [-0.2, -0.15) is 0 Å². The smallest absolute Gasteiger partial charge is 0.303 e. The first-order valence-electron chi connectivity index (χ1n) is 11.0. The van der Waals surface area contributed by atoms with E-state index in [0.717, 1.165) is 10.8 Å². The predicted molar refractivity (Wildman–Crippen MR) is 132 cm³/mol. The highest BCUT2D eigenvalue weighted by molar-refractivity contribution is 5.99. The summed E-state index contributed by atoms with van der Waals surface area (Å²) in [5, 5.41) is 18.4. The number of carbonyl (C=O) groups is 4. The largest absolute Gasteiger partial charge is 0.481 e. The van der Waals surface area contributed by atoms with Gasteiger partial charge in [0.15, 0.2) is 5.96 Å². The van der Waals surface area contributed by atoms with Crippen molar-refractivity contribution in [2.75, 3.05) is 18.4 Å². The molecule has 35 heavy (non-hydrogen) atoms. The number of rotatable bonds is 13. The van der Waals surface area contributed by atoms with Gasteiger partial charge in [-0.3, -0.25) is 24.2 Å². The fourth-order valence-corrected chi connectivity index (χ4v) is 3.22. The van der Waals surface area contributed by atoms with Crippen LogP contribution >= 0.6 is 0 Å². The van der Waals surface area contributed by atoms with E-state index >= 15 is 0 Å². The molecule has 0 fully saturated rings. The van der Waals surface area contributed by atoms with Crippen LogP contribution in [0.15, 0.2) is 47.5 Å². The number of fused-ring (bicyclic) bond motifs is 1. The number of nitrogens with zero attached hydrogens (tertiary/aromatic N) is 1. The predicted octanol–water partition coefficient (Wildman–Crippen LogP) is -0.375. The number of hydrogen-bond acceptors (Lipinski definition) is 6. The number of nitrogens with one attached hydrogen (secondary N) is 3. The fourth-order valence-electron chi connectivity index (χ4n) is 3.22. The van der Waals surface area contributed by atoms with E-state index in [0.29, 0.717) is 12.1 Å². The maximum Gasteiger partial charge on any atom is 0.303 e. The standard InChI is InChI=1S/C23H31N7O5/c24-17(9-10-20(32)33)21(34)28-13-19(31)30-18(6-3-11-27-23(25)26)22(35)29-16-8-7-14-4-1-2-5-15(14)12-16/h1-2,4-5,7-8,12,17-18H,3,6,9-11,13,24H2,(H,28,34)(H,29,35)(H,30,31)(H,32,33)(H4,25,26,27)/t17-,18-/m0/s1. The normalized spacial score (nSPS) is 12.3. The average Bonchev–Trinajstić information content (AvgIpc) is 2.82. The zero-order valence-electron chi connectivity index (χ0n) is 19.2. The van der Waals surface area contributed by atoms with Gasteiger partial charge in [0, 0.05) is 18.7 Å². The summed E-state index contributed by atoms with van der Waals surface area (Å²) >= 11 is 0. The van der Waals surface area contributed by atoms with E-state index in [1.54, 1.807) is 6.07 Å². The Kier molecular flexibility index (Phi) is 10.4. The number of carboxylic acids is 1. The first kappa shape index (κ1) is 27.1. The van der Waals surface area contributed by atoms with E-state index < -0.39 is 42.3 Å². The van der Waals surface area contributed by atoms with Crippen LogP contribution in [0.2, 0.25) is 0 Å². The molecule has 2 atom stereocenters. The number of anilines is 1. The number of guanidine groups is 1. The molecule has 3 amide bonds. The van der Waals surface area contributed by atoms with Crippen LogP contribution in [0.3, 0.4) is 0 Å². The van der Waals surface area contributed by atoms with Crippen molar-refractivity contribution >= 4 is 46.1 Å². The van der Waals surface area contributed by atoms with Gasteiger partial charge in [0.05, 0.1) is 12.6 Å². The second-order valence-corrected chi connectivity index (χ2v) is 7.88. The molecule has 2 aromatic carbocycles. The summed E-state index contributed by atoms with van der Waals surface area (Å²) in [5.41, 5.74) is 16.8. The zero-order valence-corrected chi connectivity index (χ0v) is 19.2. The first-order valence-corrected chi connectivity index (χ1v) is 11.0. The zero-order chi connectivity index (χ0) is 25.8. The Bertz CT molecular complexity index is 1080. The molecular weight excluding hydrogens is 454 g/mol. The van der Waals surface area contributed by atoms with Gasteiger partial charge in [-0.25, -0.2) is 0 Å². The molecule has 0 radical (unpaired) electrons. The van der Waals surface area contributed by atoms with Crippen molar-refractivity contribution in [1.82, 2.24) is 10.6 Å². The van der Waals surface area contributed by atoms with Crippen molar-refractivity contribution in [3.05, 3.63) is 42.5 Å². The number of nitrogens with two attached hydrogens (primary N) is 3. The van der Waals surface area contributed by atoms with E-state index in [4.69, 9.17) is 22.3 Å². The lowest BCUT2D eigenvalue weighted by Gasteiger charge is -2.19. The van der Waals surface area contributed by atoms with Gasteiger partial charge >= 0.3 is 5.97 Å². The van der Waals surface area contributed by atoms with Gasteiger partial charge < -0.3 is 38.3 Å². The Morgan fingerprint density at radius 1 is 0.971 bits per heavy atom. The number of aliphatic imine (C=N–C) groups is 1. The number of aliphatic carboxylic acids is 1. The summed E-state index contributed by atoms with van der Waals surface area (Å²) in [5.74, 6) is -2.86. The second kappa shape index (κ2) is 13.5. The molecule has 10 N–H and O–H groups in total. The van der Waals surface area contributed by atoms with E-state index in [9.17, 15) is 19.2 Å². The highest BCUT2D eigenvalue weighted by Gasteiger charge is 2.22. The van der Waals surface area contributed by atoms with Crippen LogP contribution in [0.4, 0.5) is 5.69 Å². The number of carbonyl (C=O) groups excluding carboxylic acids is 3. The fraction of sp³-hybridized carbons (Fsp3) is 0.348. The van der Waals surface area contributed by atoms with Crippen LogP contribution in [-0.4, -0.2) is 59.9 Å². The molecule has 2 rings (SSSR count). The molecule has 0 saturated heterocycles. The molecule has 0 saturated carbocycles. The Morgan fingerprint density at radius 3 is 2.37 bits per heavy atom. The summed E-state index contributed by atoms with van der Waals surface area (Å²) in [7, 11) is 0. The van der Waals surface area contributed by atoms with Crippen molar-refractivity contribution in [2.24, 2.45) is 22.2 Å². The Balaban J connectivity index is 1.98. The average molecular weight is 486 g/mol. The van der Waals surface area contributed by atoms with Crippen LogP contribution in [-0.2, 0) is 19.2 Å². The molecule has 0 heterocycles. The lowest BCUT2D eigenvalue weighted by molar-refractivity contribution is -0.137. The van der Waals surface area contributed by atoms with Gasteiger partial charge in [0.25, 0.3) is 0 Å². The van der Waals surface area contributed by atoms with Gasteiger partial charge in [-0.05, 0) is 42.2 Å². The summed E-state index contributed by atoms with van der Waals surface area (Å²) in [6.07, 6.45) is 0.326. The Labute approximate surface area is 202 Å². The van der Waals surface area contributed by atoms with Gasteiger partial charge in [0.1, 0.15) is 6.04 Å². The van der Waals surface area contributed by atoms with Gasteiger partial charge in [-0.1, -0.05) is 30.3 Å². The van der Waals surface area contributed by atoms with Crippen molar-refractivity contribution in [1.29, 1.82) is 0 Å². The summed E-state index contributed by atoms with van der Waals surface area (Å²) in [4.78, 5) is 51.8. The Morgan fingerprint density at radius 2 is 1.69 bits per heavy atom. The second-order valence-electron chi connectivity index (χ2n) is 7.88. The Hall–Kier alpha value is -4.19. The number of benzene rings is 2. The third-order valence-electron chi connectivity index (χ3n) is 5.04. The highest BCUT2D eigenvalue weighted by Crippen LogP contribution is 2.19. The van der Waals surface area contributed by atoms with Crippen LogP contribution in [0, 0.1) is 0 Å². The molecule has 0 spiro atoms.